The summed E-state index contributed by atoms with van der Waals surface area (Å²) in [7, 11) is 0. The second-order valence-electron chi connectivity index (χ2n) is 7.79. The number of carbonyl (C=O) groups excluding carboxylic acids is 1. The van der Waals surface area contributed by atoms with Crippen LogP contribution in [0.1, 0.15) is 41.1 Å². The lowest BCUT2D eigenvalue weighted by Crippen LogP contribution is -2.38. The van der Waals surface area contributed by atoms with Gasteiger partial charge in [0.05, 0.1) is 6.42 Å². The summed E-state index contributed by atoms with van der Waals surface area (Å²) in [6.07, 6.45) is 6.19. The lowest BCUT2D eigenvalue weighted by molar-refractivity contribution is -0.137. The molecule has 0 unspecified atom stereocenters. The molecule has 2 heterocycles. The van der Waals surface area contributed by atoms with Gasteiger partial charge in [-0.15, -0.1) is 0 Å². The lowest BCUT2D eigenvalue weighted by Gasteiger charge is -2.07. The Kier molecular flexibility index (Phi) is 9.06. The van der Waals surface area contributed by atoms with E-state index in [1.165, 1.54) is 0 Å². The van der Waals surface area contributed by atoms with Crippen molar-refractivity contribution in [2.24, 2.45) is 10.7 Å². The zero-order valence-corrected chi connectivity index (χ0v) is 20.1. The number of aliphatic carboxylic acids is 1. The number of anilines is 2. The largest absolute Gasteiger partial charge is 0.481 e. The number of nitrogens with zero attached hydrogens (tertiary/aromatic N) is 5. The third kappa shape index (κ3) is 7.60. The predicted octanol–water partition coefficient (Wildman–Crippen LogP) is 1.84. The molecule has 13 heteroatoms. The van der Waals surface area contributed by atoms with Crippen molar-refractivity contribution in [1.82, 2.24) is 25.3 Å². The van der Waals surface area contributed by atoms with Crippen LogP contribution in [-0.4, -0.2) is 49.4 Å². The number of rotatable bonds is 10. The Balaban J connectivity index is 1.42. The monoisotopic (exact) mass is 511 g/mol. The molecule has 3 aromatic rings. The number of benzene rings is 1. The summed E-state index contributed by atoms with van der Waals surface area (Å²) >= 11 is 5.78. The molecule has 0 fully saturated rings. The second-order valence-corrected chi connectivity index (χ2v) is 8.15. The molecule has 0 saturated heterocycles. The van der Waals surface area contributed by atoms with Crippen LogP contribution in [0.3, 0.4) is 0 Å². The number of aliphatic imine (C=N–C) groups is 1. The molecule has 12 nitrogen and oxygen atoms in total. The highest BCUT2D eigenvalue weighted by Gasteiger charge is 2.16. The maximum absolute atomic E-state index is 12.2. The highest BCUT2D eigenvalue weighted by atomic mass is 35.5. The minimum absolute atomic E-state index is 0.00382. The smallest absolute Gasteiger partial charge is 0.303 e. The summed E-state index contributed by atoms with van der Waals surface area (Å²) in [6, 6.07) is 8.06. The predicted molar refractivity (Wildman–Crippen MR) is 136 cm³/mol. The Hall–Kier alpha value is -4.32. The number of nitrogens with two attached hydrogens (primary N) is 3. The van der Waals surface area contributed by atoms with Crippen LogP contribution in [0.15, 0.2) is 41.7 Å². The number of halogens is 1. The van der Waals surface area contributed by atoms with E-state index in [4.69, 9.17) is 33.9 Å². The van der Waals surface area contributed by atoms with Crippen molar-refractivity contribution in [1.29, 1.82) is 0 Å². The van der Waals surface area contributed by atoms with Gasteiger partial charge in [0.15, 0.2) is 28.4 Å². The van der Waals surface area contributed by atoms with Gasteiger partial charge >= 0.3 is 5.97 Å². The molecule has 0 bridgehead atoms. The van der Waals surface area contributed by atoms with Crippen molar-refractivity contribution in [3.8, 4) is 11.1 Å². The second kappa shape index (κ2) is 12.4. The van der Waals surface area contributed by atoms with Crippen molar-refractivity contribution in [2.45, 2.75) is 32.1 Å². The molecule has 0 aliphatic carbocycles. The molecule has 36 heavy (non-hydrogen) atoms. The van der Waals surface area contributed by atoms with Crippen LogP contribution in [-0.2, 0) is 17.6 Å². The third-order valence-electron chi connectivity index (χ3n) is 5.07. The van der Waals surface area contributed by atoms with Crippen LogP contribution in [0.4, 0.5) is 11.6 Å². The maximum Gasteiger partial charge on any atom is 0.303 e. The number of nitrogens with one attached hydrogen (secondary N) is 1. The summed E-state index contributed by atoms with van der Waals surface area (Å²) < 4.78 is 0. The van der Waals surface area contributed by atoms with Gasteiger partial charge in [0.25, 0.3) is 5.91 Å². The molecule has 2 aromatic heterocycles. The normalized spacial score (nSPS) is 11.3. The number of guanidine groups is 1. The first-order chi connectivity index (χ1) is 17.2. The molecule has 0 aliphatic heterocycles. The Morgan fingerprint density at radius 3 is 2.33 bits per heavy atom. The summed E-state index contributed by atoms with van der Waals surface area (Å²) in [5.74, 6) is -1.33. The van der Waals surface area contributed by atoms with Crippen LogP contribution in [0, 0.1) is 0 Å². The first kappa shape index (κ1) is 26.3. The number of aryl methyl sites for hydroxylation is 2. The van der Waals surface area contributed by atoms with E-state index in [9.17, 15) is 9.59 Å². The van der Waals surface area contributed by atoms with Gasteiger partial charge in [0.1, 0.15) is 5.82 Å². The number of carboxylic acid groups (broad SMARTS) is 1. The van der Waals surface area contributed by atoms with Gasteiger partial charge in [0.2, 0.25) is 0 Å². The highest BCUT2D eigenvalue weighted by Crippen LogP contribution is 2.19. The first-order valence-corrected chi connectivity index (χ1v) is 11.4. The van der Waals surface area contributed by atoms with Gasteiger partial charge in [-0.05, 0) is 30.4 Å². The lowest BCUT2D eigenvalue weighted by atomic mass is 10.0. The SMILES string of the molecule is NC(=NCCCCc1ccc(-c2cnc(CCC(=O)O)nc2)cc1)NC(=O)c1nc(Cl)c(N)nc1N. The molecule has 0 atom stereocenters. The van der Waals surface area contributed by atoms with Crippen molar-refractivity contribution in [3.63, 3.8) is 0 Å². The molecule has 8 N–H and O–H groups in total. The summed E-state index contributed by atoms with van der Waals surface area (Å²) in [5.41, 5.74) is 19.7. The number of hydrogen-bond donors (Lipinski definition) is 5. The molecule has 0 saturated carbocycles. The zero-order valence-electron chi connectivity index (χ0n) is 19.3. The van der Waals surface area contributed by atoms with Gasteiger partial charge in [0, 0.05) is 30.9 Å². The average Bonchev–Trinajstić information content (AvgIpc) is 2.85. The zero-order chi connectivity index (χ0) is 26.1. The Bertz CT molecular complexity index is 1250. The number of aromatic nitrogens is 4. The van der Waals surface area contributed by atoms with Crippen molar-refractivity contribution in [2.75, 3.05) is 18.0 Å². The molecule has 1 aromatic carbocycles. The molecular weight excluding hydrogens is 486 g/mol. The number of unbranched alkanes of at least 4 members (excludes halogenated alkanes) is 1. The van der Waals surface area contributed by atoms with Gasteiger partial charge in [-0.25, -0.2) is 19.9 Å². The van der Waals surface area contributed by atoms with E-state index in [0.717, 1.165) is 36.0 Å². The fourth-order valence-corrected chi connectivity index (χ4v) is 3.31. The topological polar surface area (TPSA) is 208 Å². The van der Waals surface area contributed by atoms with Crippen LogP contribution in [0.25, 0.3) is 11.1 Å². The van der Waals surface area contributed by atoms with Crippen molar-refractivity contribution < 1.29 is 14.7 Å². The molecule has 3 rings (SSSR count). The third-order valence-corrected chi connectivity index (χ3v) is 5.35. The van der Waals surface area contributed by atoms with E-state index in [1.807, 2.05) is 24.3 Å². The van der Waals surface area contributed by atoms with Crippen LogP contribution >= 0.6 is 11.6 Å². The number of amides is 1. The van der Waals surface area contributed by atoms with Crippen LogP contribution < -0.4 is 22.5 Å². The maximum atomic E-state index is 12.2. The Morgan fingerprint density at radius 1 is 0.972 bits per heavy atom. The van der Waals surface area contributed by atoms with E-state index in [0.29, 0.717) is 18.8 Å². The fraction of sp³-hybridized carbons (Fsp3) is 0.261. The van der Waals surface area contributed by atoms with Gasteiger partial charge in [-0.2, -0.15) is 0 Å². The Morgan fingerprint density at radius 2 is 1.67 bits per heavy atom. The molecule has 1 amide bonds. The molecule has 188 valence electrons. The molecule has 0 radical (unpaired) electrons. The standard InChI is InChI=1S/C23H26ClN9O3/c24-19-21(26)32-20(25)18(31-19)22(36)33-23(27)28-10-2-1-3-13-4-6-14(7-5-13)15-11-29-16(30-12-15)8-9-17(34)35/h4-7,11-12H,1-3,8-10H2,(H,34,35)(H4,25,26,32)(H3,27,28,33,36). The van der Waals surface area contributed by atoms with E-state index in [1.54, 1.807) is 12.4 Å². The summed E-state index contributed by atoms with van der Waals surface area (Å²) in [6.45, 7) is 0.430. The van der Waals surface area contributed by atoms with Crippen molar-refractivity contribution >= 4 is 41.1 Å². The van der Waals surface area contributed by atoms with E-state index in [-0.39, 0.29) is 34.9 Å². The first-order valence-electron chi connectivity index (χ1n) is 11.0. The van der Waals surface area contributed by atoms with Gasteiger partial charge in [-0.3, -0.25) is 19.9 Å². The quantitative estimate of drug-likeness (QED) is 0.151. The van der Waals surface area contributed by atoms with E-state index >= 15 is 0 Å². The minimum Gasteiger partial charge on any atom is -0.481 e. The van der Waals surface area contributed by atoms with Gasteiger partial charge < -0.3 is 22.3 Å². The Labute approximate surface area is 212 Å². The molecular formula is C23H26ClN9O3. The molecule has 0 spiro atoms. The van der Waals surface area contributed by atoms with E-state index in [2.05, 4.69) is 30.2 Å². The van der Waals surface area contributed by atoms with Crippen molar-refractivity contribution in [3.05, 3.63) is 58.9 Å². The summed E-state index contributed by atoms with van der Waals surface area (Å²) in [5, 5.41) is 11.0. The van der Waals surface area contributed by atoms with Gasteiger partial charge in [-0.1, -0.05) is 35.9 Å². The number of carboxylic acids is 1. The van der Waals surface area contributed by atoms with Crippen LogP contribution in [0.2, 0.25) is 5.15 Å². The molecule has 0 aliphatic rings. The van der Waals surface area contributed by atoms with Crippen LogP contribution in [0.5, 0.6) is 0 Å². The average molecular weight is 512 g/mol. The number of nitrogen functional groups attached to an aromatic ring is 2. The number of hydrogen-bond acceptors (Lipinski definition) is 9. The summed E-state index contributed by atoms with van der Waals surface area (Å²) in [4.78, 5) is 43.1. The number of carbonyl (C=O) groups is 2. The minimum atomic E-state index is -0.874. The van der Waals surface area contributed by atoms with E-state index < -0.39 is 11.9 Å². The fourth-order valence-electron chi connectivity index (χ4n) is 3.18. The highest BCUT2D eigenvalue weighted by molar-refractivity contribution is 6.31.